The third-order valence-electron chi connectivity index (χ3n) is 6.57. The molecule has 1 aliphatic rings. The number of carbonyl (C=O) groups is 1. The van der Waals surface area contributed by atoms with Gasteiger partial charge in [0.15, 0.2) is 0 Å². The molecule has 0 atom stereocenters. The molecule has 1 aliphatic heterocycles. The van der Waals surface area contributed by atoms with E-state index in [0.717, 1.165) is 55.6 Å². The van der Waals surface area contributed by atoms with E-state index >= 15 is 0 Å². The summed E-state index contributed by atoms with van der Waals surface area (Å²) in [4.78, 5) is 30.8. The third-order valence-corrected chi connectivity index (χ3v) is 8.78. The predicted molar refractivity (Wildman–Crippen MR) is 139 cm³/mol. The average Bonchev–Trinajstić information content (AvgIpc) is 3.52. The molecule has 0 unspecified atom stereocenters. The molecule has 34 heavy (non-hydrogen) atoms. The van der Waals surface area contributed by atoms with E-state index in [4.69, 9.17) is 5.10 Å². The van der Waals surface area contributed by atoms with Crippen molar-refractivity contribution in [2.24, 2.45) is 0 Å². The minimum atomic E-state index is 0.0928. The van der Waals surface area contributed by atoms with Crippen LogP contribution in [0.1, 0.15) is 25.8 Å². The number of benzene rings is 1. The number of aryl methyl sites for hydroxylation is 3. The fourth-order valence-corrected chi connectivity index (χ4v) is 6.72. The van der Waals surface area contributed by atoms with E-state index in [0.29, 0.717) is 13.1 Å². The van der Waals surface area contributed by atoms with Gasteiger partial charge < -0.3 is 9.80 Å². The van der Waals surface area contributed by atoms with Crippen LogP contribution in [0.4, 0.5) is 5.82 Å². The van der Waals surface area contributed by atoms with Crippen molar-refractivity contribution in [3.63, 3.8) is 0 Å². The van der Waals surface area contributed by atoms with Crippen molar-refractivity contribution in [1.82, 2.24) is 24.6 Å². The monoisotopic (exact) mass is 488 g/mol. The fourth-order valence-electron chi connectivity index (χ4n) is 4.58. The molecule has 1 saturated heterocycles. The van der Waals surface area contributed by atoms with Gasteiger partial charge in [-0.2, -0.15) is 5.10 Å². The van der Waals surface area contributed by atoms with E-state index in [1.165, 1.54) is 21.8 Å². The van der Waals surface area contributed by atoms with Crippen LogP contribution in [0.2, 0.25) is 0 Å². The molecule has 5 aromatic rings. The maximum atomic E-state index is 13.4. The number of fused-ring (bicyclic) bond motifs is 2. The summed E-state index contributed by atoms with van der Waals surface area (Å²) >= 11 is 3.24. The van der Waals surface area contributed by atoms with Crippen molar-refractivity contribution in [1.29, 1.82) is 0 Å². The van der Waals surface area contributed by atoms with Crippen LogP contribution in [0.3, 0.4) is 0 Å². The number of amides is 1. The Labute approximate surface area is 205 Å². The summed E-state index contributed by atoms with van der Waals surface area (Å²) in [5, 5.41) is 6.89. The molecule has 0 N–H and O–H groups in total. The number of anilines is 1. The van der Waals surface area contributed by atoms with Crippen LogP contribution in [0.5, 0.6) is 0 Å². The van der Waals surface area contributed by atoms with E-state index in [1.807, 2.05) is 52.9 Å². The Balaban J connectivity index is 1.24. The minimum absolute atomic E-state index is 0.0928. The summed E-state index contributed by atoms with van der Waals surface area (Å²) in [6, 6.07) is 12.1. The molecule has 0 radical (unpaired) electrons. The van der Waals surface area contributed by atoms with Crippen LogP contribution in [0, 0.1) is 20.8 Å². The second-order valence-corrected chi connectivity index (χ2v) is 10.8. The first kappa shape index (κ1) is 21.2. The second kappa shape index (κ2) is 8.18. The highest BCUT2D eigenvalue weighted by Gasteiger charge is 2.27. The predicted octanol–water partition coefficient (Wildman–Crippen LogP) is 4.98. The van der Waals surface area contributed by atoms with E-state index in [9.17, 15) is 4.79 Å². The number of aromatic nitrogens is 4. The smallest absolute Gasteiger partial charge is 0.264 e. The minimum Gasteiger partial charge on any atom is -0.352 e. The molecule has 1 fully saturated rings. The van der Waals surface area contributed by atoms with Gasteiger partial charge in [0.05, 0.1) is 21.6 Å². The molecule has 0 aliphatic carbocycles. The second-order valence-electron chi connectivity index (χ2n) is 8.60. The van der Waals surface area contributed by atoms with Crippen molar-refractivity contribution in [3.8, 4) is 5.69 Å². The van der Waals surface area contributed by atoms with Crippen molar-refractivity contribution in [2.45, 2.75) is 20.8 Å². The van der Waals surface area contributed by atoms with E-state index in [1.54, 1.807) is 17.7 Å². The first-order valence-corrected chi connectivity index (χ1v) is 12.9. The van der Waals surface area contributed by atoms with Gasteiger partial charge in [0.2, 0.25) is 0 Å². The number of hydrogen-bond donors (Lipinski definition) is 0. The summed E-state index contributed by atoms with van der Waals surface area (Å²) in [5.74, 6) is 1.08. The fraction of sp³-hybridized carbons (Fsp3) is 0.280. The number of piperazine rings is 1. The maximum Gasteiger partial charge on any atom is 0.264 e. The lowest BCUT2D eigenvalue weighted by molar-refractivity contribution is 0.0751. The largest absolute Gasteiger partial charge is 0.352 e. The Kier molecular flexibility index (Phi) is 5.11. The zero-order chi connectivity index (χ0) is 23.4. The van der Waals surface area contributed by atoms with Crippen LogP contribution in [0.15, 0.2) is 42.7 Å². The van der Waals surface area contributed by atoms with Crippen LogP contribution in [0.25, 0.3) is 26.1 Å². The lowest BCUT2D eigenvalue weighted by atomic mass is 10.2. The highest BCUT2D eigenvalue weighted by Crippen LogP contribution is 2.35. The summed E-state index contributed by atoms with van der Waals surface area (Å²) < 4.78 is 1.94. The summed E-state index contributed by atoms with van der Waals surface area (Å²) in [7, 11) is 0. The third kappa shape index (κ3) is 3.38. The molecule has 172 valence electrons. The quantitative estimate of drug-likeness (QED) is 0.358. The lowest BCUT2D eigenvalue weighted by Gasteiger charge is -2.35. The van der Waals surface area contributed by atoms with Gasteiger partial charge in [-0.3, -0.25) is 4.79 Å². The zero-order valence-electron chi connectivity index (χ0n) is 19.3. The Morgan fingerprint density at radius 1 is 0.971 bits per heavy atom. The summed E-state index contributed by atoms with van der Waals surface area (Å²) in [6.07, 6.45) is 1.65. The number of carbonyl (C=O) groups excluding carboxylic acids is 1. The molecule has 7 nitrogen and oxygen atoms in total. The number of rotatable bonds is 3. The van der Waals surface area contributed by atoms with Crippen LogP contribution in [-0.2, 0) is 0 Å². The van der Waals surface area contributed by atoms with Gasteiger partial charge in [-0.05, 0) is 44.5 Å². The van der Waals surface area contributed by atoms with Gasteiger partial charge in [-0.1, -0.05) is 18.2 Å². The zero-order valence-corrected chi connectivity index (χ0v) is 20.9. The van der Waals surface area contributed by atoms with Gasteiger partial charge in [0.1, 0.15) is 21.8 Å². The van der Waals surface area contributed by atoms with Crippen molar-refractivity contribution in [3.05, 3.63) is 63.7 Å². The first-order chi connectivity index (χ1) is 16.5. The molecule has 6 rings (SSSR count). The molecule has 9 heteroatoms. The lowest BCUT2D eigenvalue weighted by Crippen LogP contribution is -2.49. The molecule has 4 aromatic heterocycles. The number of hydrogen-bond acceptors (Lipinski definition) is 7. The highest BCUT2D eigenvalue weighted by molar-refractivity contribution is 7.20. The molecule has 0 bridgehead atoms. The molecule has 5 heterocycles. The van der Waals surface area contributed by atoms with Crippen LogP contribution >= 0.6 is 22.7 Å². The summed E-state index contributed by atoms with van der Waals surface area (Å²) in [5.41, 5.74) is 3.19. The molecule has 1 amide bonds. The van der Waals surface area contributed by atoms with Gasteiger partial charge >= 0.3 is 0 Å². The van der Waals surface area contributed by atoms with E-state index in [2.05, 4.69) is 28.7 Å². The molecular formula is C25H24N6OS2. The van der Waals surface area contributed by atoms with Crippen LogP contribution in [-0.4, -0.2) is 56.7 Å². The van der Waals surface area contributed by atoms with Crippen molar-refractivity contribution < 1.29 is 4.79 Å². The standard InChI is InChI=1S/C25H24N6OS2/c1-15-17(3)33-23-21(15)22(26-14-27-23)29-9-11-30(12-10-29)24(32)20-13-19-16(2)28-31(25(19)34-20)18-7-5-4-6-8-18/h4-8,13-14H,9-12H2,1-3H3. The molecule has 1 aromatic carbocycles. The van der Waals surface area contributed by atoms with Crippen molar-refractivity contribution >= 4 is 54.8 Å². The number of para-hydroxylation sites is 1. The Morgan fingerprint density at radius 3 is 2.50 bits per heavy atom. The average molecular weight is 489 g/mol. The van der Waals surface area contributed by atoms with Gasteiger partial charge in [0, 0.05) is 36.4 Å². The summed E-state index contributed by atoms with van der Waals surface area (Å²) in [6.45, 7) is 9.13. The van der Waals surface area contributed by atoms with Crippen LogP contribution < -0.4 is 4.90 Å². The normalized spacial score (nSPS) is 14.4. The first-order valence-electron chi connectivity index (χ1n) is 11.3. The topological polar surface area (TPSA) is 67.2 Å². The maximum absolute atomic E-state index is 13.4. The SMILES string of the molecule is Cc1sc2ncnc(N3CCN(C(=O)c4cc5c(C)nn(-c6ccccc6)c5s4)CC3)c2c1C. The van der Waals surface area contributed by atoms with Gasteiger partial charge in [-0.25, -0.2) is 14.6 Å². The Bertz CT molecular complexity index is 1530. The molecule has 0 spiro atoms. The van der Waals surface area contributed by atoms with Gasteiger partial charge in [0.25, 0.3) is 5.91 Å². The van der Waals surface area contributed by atoms with Gasteiger partial charge in [-0.15, -0.1) is 22.7 Å². The Morgan fingerprint density at radius 2 is 1.74 bits per heavy atom. The van der Waals surface area contributed by atoms with E-state index in [-0.39, 0.29) is 5.91 Å². The number of nitrogens with zero attached hydrogens (tertiary/aromatic N) is 6. The van der Waals surface area contributed by atoms with E-state index < -0.39 is 0 Å². The number of thiophene rings is 2. The van der Waals surface area contributed by atoms with Crippen molar-refractivity contribution in [2.75, 3.05) is 31.1 Å². The highest BCUT2D eigenvalue weighted by atomic mass is 32.1. The Hall–Kier alpha value is -3.30. The molecule has 0 saturated carbocycles. The molecular weight excluding hydrogens is 464 g/mol.